The minimum atomic E-state index is 0.718. The Morgan fingerprint density at radius 3 is 2.45 bits per heavy atom. The van der Waals surface area contributed by atoms with E-state index in [0.717, 1.165) is 17.0 Å². The lowest BCUT2D eigenvalue weighted by Crippen LogP contribution is -1.84. The summed E-state index contributed by atoms with van der Waals surface area (Å²) in [5, 5.41) is 4.69. The molecule has 1 heterocycles. The maximum atomic E-state index is 5.73. The van der Waals surface area contributed by atoms with Gasteiger partial charge in [-0.3, -0.25) is 0 Å². The minimum absolute atomic E-state index is 0.718. The van der Waals surface area contributed by atoms with Gasteiger partial charge >= 0.3 is 0 Å². The van der Waals surface area contributed by atoms with Crippen LogP contribution in [0.1, 0.15) is 0 Å². The summed E-state index contributed by atoms with van der Waals surface area (Å²) in [6.45, 7) is 0. The van der Waals surface area contributed by atoms with Crippen LogP contribution < -0.4 is 4.74 Å². The summed E-state index contributed by atoms with van der Waals surface area (Å²) in [6.07, 6.45) is 1.84. The second kappa shape index (κ2) is 4.42. The van der Waals surface area contributed by atoms with Gasteiger partial charge in [0.1, 0.15) is 5.75 Å². The quantitative estimate of drug-likeness (QED) is 0.507. The number of hydrogen-bond acceptors (Lipinski definition) is 1. The fraction of sp³-hybridized carbons (Fsp3) is 0. The normalized spacial score (nSPS) is 11.0. The van der Waals surface area contributed by atoms with Crippen LogP contribution in [0.2, 0.25) is 0 Å². The number of hydrogen-bond donors (Lipinski definition) is 1. The van der Waals surface area contributed by atoms with Crippen molar-refractivity contribution < 1.29 is 4.74 Å². The molecule has 0 bridgehead atoms. The van der Waals surface area contributed by atoms with E-state index in [1.165, 1.54) is 16.2 Å². The lowest BCUT2D eigenvalue weighted by atomic mass is 10.0. The van der Waals surface area contributed by atoms with E-state index in [0.29, 0.717) is 0 Å². The van der Waals surface area contributed by atoms with Gasteiger partial charge in [-0.15, -0.1) is 0 Å². The second-order valence-corrected chi connectivity index (χ2v) is 4.75. The Balaban J connectivity index is 1.83. The van der Waals surface area contributed by atoms with Crippen LogP contribution in [0.4, 0.5) is 0 Å². The van der Waals surface area contributed by atoms with Crippen molar-refractivity contribution in [1.29, 1.82) is 0 Å². The average Bonchev–Trinajstić information content (AvgIpc) is 2.98. The van der Waals surface area contributed by atoms with Gasteiger partial charge in [0.05, 0.1) is 0 Å². The van der Waals surface area contributed by atoms with E-state index in [9.17, 15) is 0 Å². The number of nitrogens with one attached hydrogen (secondary N) is 1. The van der Waals surface area contributed by atoms with Crippen LogP contribution in [0.5, 0.6) is 11.6 Å². The maximum absolute atomic E-state index is 5.73. The van der Waals surface area contributed by atoms with Crippen LogP contribution in [-0.2, 0) is 0 Å². The Bertz CT molecular complexity index is 878. The minimum Gasteiger partial charge on any atom is -0.440 e. The largest absolute Gasteiger partial charge is 0.440 e. The van der Waals surface area contributed by atoms with Gasteiger partial charge < -0.3 is 9.72 Å². The van der Waals surface area contributed by atoms with Crippen molar-refractivity contribution in [1.82, 2.24) is 4.98 Å². The summed E-state index contributed by atoms with van der Waals surface area (Å²) in [4.78, 5) is 3.02. The zero-order valence-electron chi connectivity index (χ0n) is 10.8. The third-order valence-corrected chi connectivity index (χ3v) is 3.38. The van der Waals surface area contributed by atoms with E-state index >= 15 is 0 Å². The molecule has 0 fully saturated rings. The number of ether oxygens (including phenoxy) is 1. The maximum Gasteiger partial charge on any atom is 0.197 e. The molecule has 95 valence electrons. The Morgan fingerprint density at radius 2 is 1.65 bits per heavy atom. The van der Waals surface area contributed by atoms with E-state index in [2.05, 4.69) is 47.4 Å². The molecule has 1 N–H and O–H groups in total. The molecule has 0 aliphatic carbocycles. The Kier molecular flexibility index (Phi) is 2.46. The van der Waals surface area contributed by atoms with E-state index in [1.807, 2.05) is 30.5 Å². The average molecular weight is 258 g/mol. The van der Waals surface area contributed by atoms with Crippen molar-refractivity contribution in [2.24, 2.45) is 0 Å². The van der Waals surface area contributed by atoms with Crippen molar-refractivity contribution in [3.05, 3.63) is 72.9 Å². The lowest BCUT2D eigenvalue weighted by molar-refractivity contribution is 0.466. The molecular formula is C18H12NO. The van der Waals surface area contributed by atoms with Crippen LogP contribution in [0.3, 0.4) is 0 Å². The molecule has 0 saturated carbocycles. The van der Waals surface area contributed by atoms with Gasteiger partial charge in [-0.1, -0.05) is 30.3 Å². The fourth-order valence-corrected chi connectivity index (χ4v) is 2.40. The van der Waals surface area contributed by atoms with Gasteiger partial charge in [0.2, 0.25) is 0 Å². The smallest absolute Gasteiger partial charge is 0.197 e. The summed E-state index contributed by atoms with van der Waals surface area (Å²) in [5.41, 5.74) is 0. The lowest BCUT2D eigenvalue weighted by Gasteiger charge is -2.06. The molecule has 0 aliphatic heterocycles. The highest BCUT2D eigenvalue weighted by Crippen LogP contribution is 2.27. The number of benzene rings is 3. The van der Waals surface area contributed by atoms with Crippen LogP contribution in [0, 0.1) is 6.07 Å². The van der Waals surface area contributed by atoms with Gasteiger partial charge in [0.15, 0.2) is 5.88 Å². The molecule has 3 aromatic carbocycles. The van der Waals surface area contributed by atoms with Crippen molar-refractivity contribution in [2.75, 3.05) is 0 Å². The zero-order valence-corrected chi connectivity index (χ0v) is 10.8. The fourth-order valence-electron chi connectivity index (χ4n) is 2.40. The molecular weight excluding hydrogens is 246 g/mol. The van der Waals surface area contributed by atoms with Gasteiger partial charge in [0.25, 0.3) is 0 Å². The van der Waals surface area contributed by atoms with Crippen LogP contribution in [0.15, 0.2) is 66.9 Å². The van der Waals surface area contributed by atoms with Gasteiger partial charge in [-0.05, 0) is 45.8 Å². The molecule has 0 aliphatic rings. The highest BCUT2D eigenvalue weighted by Gasteiger charge is 2.02. The molecule has 4 aromatic rings. The molecule has 2 nitrogen and oxygen atoms in total. The van der Waals surface area contributed by atoms with Crippen molar-refractivity contribution >= 4 is 21.5 Å². The highest BCUT2D eigenvalue weighted by atomic mass is 16.5. The molecule has 0 spiro atoms. The number of aromatic nitrogens is 1. The molecule has 1 aromatic heterocycles. The van der Waals surface area contributed by atoms with E-state index in [-0.39, 0.29) is 0 Å². The monoisotopic (exact) mass is 258 g/mol. The van der Waals surface area contributed by atoms with Crippen molar-refractivity contribution in [3.63, 3.8) is 0 Å². The number of fused-ring (bicyclic) bond motifs is 2. The van der Waals surface area contributed by atoms with Crippen LogP contribution in [-0.4, -0.2) is 4.98 Å². The molecule has 0 atom stereocenters. The molecule has 4 rings (SSSR count). The Hall–Kier alpha value is -2.74. The summed E-state index contributed by atoms with van der Waals surface area (Å²) in [5.74, 6) is 1.44. The standard InChI is InChI=1S/C18H12NO/c1-2-5-14-11-16-12-17(20-18-6-3-9-19-18)8-7-15(16)10-13(14)4-1/h1-11,19H. The molecule has 0 unspecified atom stereocenters. The second-order valence-electron chi connectivity index (χ2n) is 4.75. The first-order chi connectivity index (χ1) is 9.88. The molecule has 1 radical (unpaired) electrons. The number of aromatic amines is 1. The summed E-state index contributed by atoms with van der Waals surface area (Å²) in [7, 11) is 0. The Labute approximate surface area is 116 Å². The van der Waals surface area contributed by atoms with Gasteiger partial charge in [-0.2, -0.15) is 0 Å². The third kappa shape index (κ3) is 1.91. The summed E-state index contributed by atoms with van der Waals surface area (Å²) in [6, 6.07) is 23.8. The molecule has 0 amide bonds. The molecule has 20 heavy (non-hydrogen) atoms. The molecule has 2 heteroatoms. The van der Waals surface area contributed by atoms with E-state index in [1.54, 1.807) is 0 Å². The zero-order chi connectivity index (χ0) is 13.4. The van der Waals surface area contributed by atoms with Crippen LogP contribution >= 0.6 is 0 Å². The topological polar surface area (TPSA) is 25.0 Å². The van der Waals surface area contributed by atoms with Crippen molar-refractivity contribution in [2.45, 2.75) is 0 Å². The predicted molar refractivity (Wildman–Crippen MR) is 81.2 cm³/mol. The van der Waals surface area contributed by atoms with Gasteiger partial charge in [0, 0.05) is 18.3 Å². The summed E-state index contributed by atoms with van der Waals surface area (Å²) >= 11 is 0. The number of rotatable bonds is 2. The highest BCUT2D eigenvalue weighted by molar-refractivity contribution is 5.98. The van der Waals surface area contributed by atoms with Crippen LogP contribution in [0.25, 0.3) is 21.5 Å². The first kappa shape index (κ1) is 11.1. The SMILES string of the molecule is [c]1c(Oc2ccc[nH]2)ccc2cc3ccccc3cc12. The van der Waals surface area contributed by atoms with E-state index < -0.39 is 0 Å². The first-order valence-corrected chi connectivity index (χ1v) is 6.54. The molecule has 0 saturated heterocycles. The van der Waals surface area contributed by atoms with Crippen molar-refractivity contribution in [3.8, 4) is 11.6 Å². The van der Waals surface area contributed by atoms with Gasteiger partial charge in [-0.25, -0.2) is 0 Å². The third-order valence-electron chi connectivity index (χ3n) is 3.38. The number of H-pyrrole nitrogens is 1. The first-order valence-electron chi connectivity index (χ1n) is 6.54. The summed E-state index contributed by atoms with van der Waals surface area (Å²) < 4.78 is 5.73. The Morgan fingerprint density at radius 1 is 0.800 bits per heavy atom. The van der Waals surface area contributed by atoms with E-state index in [4.69, 9.17) is 4.74 Å². The predicted octanol–water partition coefficient (Wildman–Crippen LogP) is 4.91.